The van der Waals surface area contributed by atoms with Gasteiger partial charge in [0.1, 0.15) is 0 Å². The molecule has 0 fully saturated rings. The Labute approximate surface area is 81.9 Å². The van der Waals surface area contributed by atoms with Crippen molar-refractivity contribution in [1.82, 2.24) is 0 Å². The fourth-order valence-electron chi connectivity index (χ4n) is 0.751. The summed E-state index contributed by atoms with van der Waals surface area (Å²) in [5.41, 5.74) is 2.72. The third kappa shape index (κ3) is 4.11. The van der Waals surface area contributed by atoms with Crippen molar-refractivity contribution in [2.75, 3.05) is 0 Å². The van der Waals surface area contributed by atoms with Gasteiger partial charge in [-0.3, -0.25) is 6.08 Å². The minimum atomic E-state index is 0. The van der Waals surface area contributed by atoms with Gasteiger partial charge in [-0.1, -0.05) is 13.8 Å². The van der Waals surface area contributed by atoms with Crippen molar-refractivity contribution in [2.24, 2.45) is 0 Å². The normalized spacial score (nSPS) is 14.9. The predicted molar refractivity (Wildman–Crippen MR) is 30.8 cm³/mol. The fraction of sp³-hybridized carbons (Fsp3) is 0.429. The number of hydrogen-bond donors (Lipinski definition) is 0. The van der Waals surface area contributed by atoms with Crippen LogP contribution < -0.4 is 12.4 Å². The van der Waals surface area contributed by atoms with Crippen LogP contribution in [-0.4, -0.2) is 0 Å². The van der Waals surface area contributed by atoms with Crippen molar-refractivity contribution in [2.45, 2.75) is 20.3 Å². The van der Waals surface area contributed by atoms with Crippen molar-refractivity contribution in [3.8, 4) is 0 Å². The molecule has 48 valence electrons. The first-order valence-electron chi connectivity index (χ1n) is 2.53. The third-order valence-corrected chi connectivity index (χ3v) is 1.11. The third-order valence-electron chi connectivity index (χ3n) is 1.11. The van der Waals surface area contributed by atoms with Gasteiger partial charge in [-0.05, 0) is 0 Å². The van der Waals surface area contributed by atoms with Crippen molar-refractivity contribution in [1.29, 1.82) is 0 Å². The van der Waals surface area contributed by atoms with Crippen LogP contribution in [0.3, 0.4) is 0 Å². The first kappa shape index (κ1) is 12.3. The second-order valence-electron chi connectivity index (χ2n) is 2.03. The molecule has 0 unspecified atom stereocenters. The molecule has 0 spiro atoms. The Morgan fingerprint density at radius 2 is 2.00 bits per heavy atom. The summed E-state index contributed by atoms with van der Waals surface area (Å²) in [5, 5.41) is 0. The van der Waals surface area contributed by atoms with Crippen LogP contribution >= 0.6 is 0 Å². The summed E-state index contributed by atoms with van der Waals surface area (Å²) < 4.78 is 0. The van der Waals surface area contributed by atoms with E-state index in [0.29, 0.717) is 0 Å². The Morgan fingerprint density at radius 1 is 1.44 bits per heavy atom. The molecule has 9 heavy (non-hydrogen) atoms. The van der Waals surface area contributed by atoms with Gasteiger partial charge in [-0.25, -0.2) is 11.6 Å². The van der Waals surface area contributed by atoms with E-state index in [1.807, 2.05) is 0 Å². The summed E-state index contributed by atoms with van der Waals surface area (Å²) in [6, 6.07) is 0. The summed E-state index contributed by atoms with van der Waals surface area (Å²) in [6.45, 7) is 4.21. The Bertz CT molecular complexity index is 136. The largest absolute Gasteiger partial charge is 2.00 e. The average molecular weight is 220 g/mol. The SMILES string of the molecule is CC1=[C-]CC(C)=C1.[Cl-].[Zr+2]. The van der Waals surface area contributed by atoms with E-state index in [0.717, 1.165) is 6.42 Å². The Balaban J connectivity index is 0. The molecule has 0 aliphatic heterocycles. The van der Waals surface area contributed by atoms with E-state index in [4.69, 9.17) is 0 Å². The molecule has 1 rings (SSSR count). The summed E-state index contributed by atoms with van der Waals surface area (Å²) in [6.07, 6.45) is 6.41. The number of hydrogen-bond acceptors (Lipinski definition) is 0. The molecule has 0 atom stereocenters. The van der Waals surface area contributed by atoms with E-state index in [2.05, 4.69) is 26.0 Å². The molecule has 2 heteroatoms. The van der Waals surface area contributed by atoms with Crippen LogP contribution in [0, 0.1) is 6.08 Å². The van der Waals surface area contributed by atoms with Crippen molar-refractivity contribution >= 4 is 0 Å². The van der Waals surface area contributed by atoms with Crippen LogP contribution in [0.5, 0.6) is 0 Å². The molecular weight excluding hydrogens is 211 g/mol. The Morgan fingerprint density at radius 3 is 2.11 bits per heavy atom. The van der Waals surface area contributed by atoms with E-state index in [1.54, 1.807) is 0 Å². The fourth-order valence-corrected chi connectivity index (χ4v) is 0.751. The van der Waals surface area contributed by atoms with E-state index in [-0.39, 0.29) is 38.6 Å². The maximum absolute atomic E-state index is 3.19. The van der Waals surface area contributed by atoms with Crippen molar-refractivity contribution in [3.05, 3.63) is 23.3 Å². The van der Waals surface area contributed by atoms with Gasteiger partial charge in [0.25, 0.3) is 0 Å². The molecule has 0 nitrogen and oxygen atoms in total. The van der Waals surface area contributed by atoms with Crippen LogP contribution in [0.2, 0.25) is 0 Å². The molecule has 0 saturated heterocycles. The van der Waals surface area contributed by atoms with Gasteiger partial charge in [-0.15, -0.1) is 6.42 Å². The van der Waals surface area contributed by atoms with Gasteiger partial charge < -0.3 is 12.4 Å². The molecule has 0 aromatic carbocycles. The first-order chi connectivity index (χ1) is 3.29. The minimum Gasteiger partial charge on any atom is -1.00 e. The summed E-state index contributed by atoms with van der Waals surface area (Å²) in [7, 11) is 0. The maximum atomic E-state index is 3.19. The first-order valence-corrected chi connectivity index (χ1v) is 2.53. The molecule has 0 radical (unpaired) electrons. The van der Waals surface area contributed by atoms with Crippen LogP contribution in [0.4, 0.5) is 0 Å². The van der Waals surface area contributed by atoms with Crippen LogP contribution in [0.1, 0.15) is 20.3 Å². The predicted octanol–water partition coefficient (Wildman–Crippen LogP) is -0.913. The standard InChI is InChI=1S/C7H9.ClH.Zr/c1-6-3-4-7(2)5-6;;/h5H,3H2,1-2H3;1H;/q-1;;+2/p-1. The average Bonchev–Trinajstić information content (AvgIpc) is 1.87. The summed E-state index contributed by atoms with van der Waals surface area (Å²) in [4.78, 5) is 0. The molecule has 0 N–H and O–H groups in total. The molecular formula is C7H9ClZr. The second-order valence-corrected chi connectivity index (χ2v) is 2.03. The molecule has 0 heterocycles. The zero-order chi connectivity index (χ0) is 5.28. The zero-order valence-electron chi connectivity index (χ0n) is 5.66. The van der Waals surface area contributed by atoms with Gasteiger partial charge in [0.05, 0.1) is 0 Å². The number of halogens is 1. The van der Waals surface area contributed by atoms with Gasteiger partial charge in [0, 0.05) is 0 Å². The Kier molecular flexibility index (Phi) is 7.46. The molecule has 0 saturated carbocycles. The van der Waals surface area contributed by atoms with E-state index >= 15 is 0 Å². The van der Waals surface area contributed by atoms with Gasteiger partial charge in [0.15, 0.2) is 0 Å². The quantitative estimate of drug-likeness (QED) is 0.463. The summed E-state index contributed by atoms with van der Waals surface area (Å²) in [5.74, 6) is 0. The van der Waals surface area contributed by atoms with Crippen LogP contribution in [0.25, 0.3) is 0 Å². The van der Waals surface area contributed by atoms with Gasteiger partial charge in [-0.2, -0.15) is 5.57 Å². The Hall–Kier alpha value is 0.653. The summed E-state index contributed by atoms with van der Waals surface area (Å²) >= 11 is 0. The van der Waals surface area contributed by atoms with Gasteiger partial charge in [0.2, 0.25) is 0 Å². The zero-order valence-corrected chi connectivity index (χ0v) is 8.88. The number of rotatable bonds is 0. The topological polar surface area (TPSA) is 0 Å². The molecule has 0 bridgehead atoms. The maximum Gasteiger partial charge on any atom is 2.00 e. The molecule has 1 aliphatic rings. The smallest absolute Gasteiger partial charge is 1.00 e. The van der Waals surface area contributed by atoms with Crippen molar-refractivity contribution in [3.63, 3.8) is 0 Å². The van der Waals surface area contributed by atoms with Crippen LogP contribution in [0.15, 0.2) is 17.2 Å². The monoisotopic (exact) mass is 218 g/mol. The molecule has 0 aromatic rings. The van der Waals surface area contributed by atoms with Gasteiger partial charge >= 0.3 is 26.2 Å². The van der Waals surface area contributed by atoms with Crippen LogP contribution in [-0.2, 0) is 26.2 Å². The molecule has 1 aliphatic carbocycles. The van der Waals surface area contributed by atoms with Crippen molar-refractivity contribution < 1.29 is 38.6 Å². The van der Waals surface area contributed by atoms with E-state index in [9.17, 15) is 0 Å². The van der Waals surface area contributed by atoms with E-state index in [1.165, 1.54) is 11.1 Å². The number of allylic oxidation sites excluding steroid dienone is 4. The molecule has 0 amide bonds. The van der Waals surface area contributed by atoms with E-state index < -0.39 is 0 Å². The second kappa shape index (κ2) is 5.44. The minimum absolute atomic E-state index is 0. The molecule has 0 aromatic heterocycles.